The first-order valence-corrected chi connectivity index (χ1v) is 5.37. The van der Waals surface area contributed by atoms with Gasteiger partial charge in [0.15, 0.2) is 0 Å². The summed E-state index contributed by atoms with van der Waals surface area (Å²) in [6, 6.07) is 5.63. The molecule has 0 saturated carbocycles. The molecule has 2 heterocycles. The van der Waals surface area contributed by atoms with Gasteiger partial charge in [-0.3, -0.25) is 0 Å². The van der Waals surface area contributed by atoms with Gasteiger partial charge in [-0.2, -0.15) is 5.26 Å². The minimum atomic E-state index is 0.493. The number of allylic oxidation sites excluding steroid dienone is 1. The van der Waals surface area contributed by atoms with E-state index in [1.54, 1.807) is 19.5 Å². The Kier molecular flexibility index (Phi) is 3.39. The fraction of sp³-hybridized carbons (Fsp3) is 0.154. The first kappa shape index (κ1) is 11.9. The standard InChI is InChI=1S/C13H12N4O/c1-10-8-17(9-15-10)12-6-5-11(4-3-7-14)16-13(12)18-2/h3-6,8-9H,1-2H3. The molecule has 0 aliphatic rings. The van der Waals surface area contributed by atoms with Crippen molar-refractivity contribution >= 4 is 6.08 Å². The van der Waals surface area contributed by atoms with Crippen molar-refractivity contribution in [3.8, 4) is 17.6 Å². The molecular weight excluding hydrogens is 228 g/mol. The van der Waals surface area contributed by atoms with E-state index >= 15 is 0 Å². The van der Waals surface area contributed by atoms with Crippen LogP contribution in [0.2, 0.25) is 0 Å². The van der Waals surface area contributed by atoms with E-state index in [0.717, 1.165) is 11.4 Å². The van der Waals surface area contributed by atoms with E-state index in [1.807, 2.05) is 35.9 Å². The van der Waals surface area contributed by atoms with E-state index in [4.69, 9.17) is 10.00 Å². The van der Waals surface area contributed by atoms with Crippen molar-refractivity contribution in [3.63, 3.8) is 0 Å². The molecule has 0 bridgehead atoms. The molecule has 2 aromatic heterocycles. The van der Waals surface area contributed by atoms with Crippen LogP contribution in [-0.2, 0) is 0 Å². The highest BCUT2D eigenvalue weighted by atomic mass is 16.5. The number of nitrogens with zero attached hydrogens (tertiary/aromatic N) is 4. The van der Waals surface area contributed by atoms with Gasteiger partial charge in [-0.15, -0.1) is 0 Å². The molecule has 0 aliphatic carbocycles. The van der Waals surface area contributed by atoms with E-state index in [-0.39, 0.29) is 0 Å². The van der Waals surface area contributed by atoms with Crippen LogP contribution in [0.25, 0.3) is 11.8 Å². The summed E-state index contributed by atoms with van der Waals surface area (Å²) >= 11 is 0. The number of pyridine rings is 1. The fourth-order valence-corrected chi connectivity index (χ4v) is 1.56. The molecule has 0 aromatic carbocycles. The topological polar surface area (TPSA) is 63.7 Å². The number of methoxy groups -OCH3 is 1. The molecule has 5 heteroatoms. The maximum atomic E-state index is 8.48. The van der Waals surface area contributed by atoms with Gasteiger partial charge in [-0.05, 0) is 25.1 Å². The van der Waals surface area contributed by atoms with Crippen LogP contribution in [-0.4, -0.2) is 21.6 Å². The van der Waals surface area contributed by atoms with E-state index in [0.29, 0.717) is 11.6 Å². The zero-order chi connectivity index (χ0) is 13.0. The monoisotopic (exact) mass is 240 g/mol. The van der Waals surface area contributed by atoms with Crippen molar-refractivity contribution in [2.24, 2.45) is 0 Å². The summed E-state index contributed by atoms with van der Waals surface area (Å²) < 4.78 is 7.10. The molecule has 18 heavy (non-hydrogen) atoms. The van der Waals surface area contributed by atoms with Crippen LogP contribution < -0.4 is 4.74 Å². The minimum absolute atomic E-state index is 0.493. The van der Waals surface area contributed by atoms with Crippen LogP contribution in [0.15, 0.2) is 30.7 Å². The van der Waals surface area contributed by atoms with Crippen LogP contribution in [0.5, 0.6) is 5.88 Å². The molecule has 0 fully saturated rings. The predicted octanol–water partition coefficient (Wildman–Crippen LogP) is 2.12. The molecule has 0 unspecified atom stereocenters. The second kappa shape index (κ2) is 5.15. The molecule has 2 aromatic rings. The zero-order valence-electron chi connectivity index (χ0n) is 10.2. The molecule has 0 amide bonds. The summed E-state index contributed by atoms with van der Waals surface area (Å²) in [7, 11) is 1.56. The van der Waals surface area contributed by atoms with E-state index in [9.17, 15) is 0 Å². The highest BCUT2D eigenvalue weighted by Gasteiger charge is 2.07. The van der Waals surface area contributed by atoms with Crippen LogP contribution >= 0.6 is 0 Å². The van der Waals surface area contributed by atoms with Crippen LogP contribution in [0, 0.1) is 18.3 Å². The van der Waals surface area contributed by atoms with E-state index < -0.39 is 0 Å². The quantitative estimate of drug-likeness (QED) is 0.771. The van der Waals surface area contributed by atoms with Crippen LogP contribution in [0.4, 0.5) is 0 Å². The van der Waals surface area contributed by atoms with Gasteiger partial charge in [0.05, 0.1) is 30.9 Å². The number of aromatic nitrogens is 3. The number of nitriles is 1. The average Bonchev–Trinajstić information content (AvgIpc) is 2.82. The average molecular weight is 240 g/mol. The Hall–Kier alpha value is -2.61. The number of imidazole rings is 1. The Morgan fingerprint density at radius 1 is 1.44 bits per heavy atom. The van der Waals surface area contributed by atoms with Gasteiger partial charge in [0.1, 0.15) is 5.69 Å². The molecule has 0 aliphatic heterocycles. The number of ether oxygens (including phenoxy) is 1. The third kappa shape index (κ3) is 2.38. The van der Waals surface area contributed by atoms with Gasteiger partial charge in [0.25, 0.3) is 0 Å². The summed E-state index contributed by atoms with van der Waals surface area (Å²) in [5, 5.41) is 8.48. The number of hydrogen-bond donors (Lipinski definition) is 0. The molecule has 0 spiro atoms. The molecule has 0 saturated heterocycles. The lowest BCUT2D eigenvalue weighted by Crippen LogP contribution is -1.99. The van der Waals surface area contributed by atoms with Crippen molar-refractivity contribution in [3.05, 3.63) is 42.1 Å². The van der Waals surface area contributed by atoms with Gasteiger partial charge >= 0.3 is 0 Å². The summed E-state index contributed by atoms with van der Waals surface area (Å²) in [5.74, 6) is 0.493. The molecule has 0 radical (unpaired) electrons. The lowest BCUT2D eigenvalue weighted by Gasteiger charge is -2.08. The van der Waals surface area contributed by atoms with E-state index in [1.165, 1.54) is 6.08 Å². The Balaban J connectivity index is 2.44. The van der Waals surface area contributed by atoms with Crippen LogP contribution in [0.3, 0.4) is 0 Å². The Labute approximate surface area is 105 Å². The first-order chi connectivity index (χ1) is 8.74. The molecule has 90 valence electrons. The Morgan fingerprint density at radius 3 is 2.89 bits per heavy atom. The maximum Gasteiger partial charge on any atom is 0.238 e. The van der Waals surface area contributed by atoms with Crippen molar-refractivity contribution in [2.75, 3.05) is 7.11 Å². The number of hydrogen-bond acceptors (Lipinski definition) is 4. The molecular formula is C13H12N4O. The second-order valence-corrected chi connectivity index (χ2v) is 3.65. The third-order valence-corrected chi connectivity index (χ3v) is 2.37. The normalized spacial score (nSPS) is 10.5. The lowest BCUT2D eigenvalue weighted by atomic mass is 10.3. The largest absolute Gasteiger partial charge is 0.479 e. The maximum absolute atomic E-state index is 8.48. The second-order valence-electron chi connectivity index (χ2n) is 3.65. The number of aryl methyl sites for hydroxylation is 1. The summed E-state index contributed by atoms with van der Waals surface area (Å²) in [6.07, 6.45) is 6.61. The molecule has 2 rings (SSSR count). The molecule has 0 N–H and O–H groups in total. The summed E-state index contributed by atoms with van der Waals surface area (Å²) in [6.45, 7) is 1.92. The fourth-order valence-electron chi connectivity index (χ4n) is 1.56. The smallest absolute Gasteiger partial charge is 0.238 e. The van der Waals surface area contributed by atoms with Gasteiger partial charge in [-0.1, -0.05) is 0 Å². The molecule has 0 atom stereocenters. The zero-order valence-corrected chi connectivity index (χ0v) is 10.2. The predicted molar refractivity (Wildman–Crippen MR) is 67.3 cm³/mol. The van der Waals surface area contributed by atoms with Gasteiger partial charge < -0.3 is 9.30 Å². The first-order valence-electron chi connectivity index (χ1n) is 5.37. The Bertz CT molecular complexity index is 622. The lowest BCUT2D eigenvalue weighted by molar-refractivity contribution is 0.395. The van der Waals surface area contributed by atoms with Crippen molar-refractivity contribution in [1.29, 1.82) is 5.26 Å². The SMILES string of the molecule is COc1nc(C=CC#N)ccc1-n1cnc(C)c1. The third-order valence-electron chi connectivity index (χ3n) is 2.37. The van der Waals surface area contributed by atoms with Crippen molar-refractivity contribution < 1.29 is 4.74 Å². The van der Waals surface area contributed by atoms with E-state index in [2.05, 4.69) is 9.97 Å². The Morgan fingerprint density at radius 2 is 2.28 bits per heavy atom. The van der Waals surface area contributed by atoms with Crippen molar-refractivity contribution in [1.82, 2.24) is 14.5 Å². The minimum Gasteiger partial charge on any atom is -0.479 e. The molecule has 5 nitrogen and oxygen atoms in total. The highest BCUT2D eigenvalue weighted by molar-refractivity contribution is 5.53. The highest BCUT2D eigenvalue weighted by Crippen LogP contribution is 2.21. The number of rotatable bonds is 3. The van der Waals surface area contributed by atoms with Crippen molar-refractivity contribution in [2.45, 2.75) is 6.92 Å². The summed E-state index contributed by atoms with van der Waals surface area (Å²) in [5.41, 5.74) is 2.41. The summed E-state index contributed by atoms with van der Waals surface area (Å²) in [4.78, 5) is 8.47. The van der Waals surface area contributed by atoms with Gasteiger partial charge in [0, 0.05) is 12.3 Å². The van der Waals surface area contributed by atoms with Gasteiger partial charge in [0.2, 0.25) is 5.88 Å². The van der Waals surface area contributed by atoms with Crippen LogP contribution in [0.1, 0.15) is 11.4 Å². The van der Waals surface area contributed by atoms with Gasteiger partial charge in [-0.25, -0.2) is 9.97 Å².